The van der Waals surface area contributed by atoms with E-state index in [2.05, 4.69) is 35.8 Å². The van der Waals surface area contributed by atoms with Crippen molar-refractivity contribution >= 4 is 40.1 Å². The quantitative estimate of drug-likeness (QED) is 0.412. The van der Waals surface area contributed by atoms with Crippen LogP contribution in [0.15, 0.2) is 42.7 Å². The van der Waals surface area contributed by atoms with E-state index >= 15 is 0 Å². The van der Waals surface area contributed by atoms with Crippen molar-refractivity contribution in [3.05, 3.63) is 59.4 Å². The Morgan fingerprint density at radius 3 is 2.59 bits per heavy atom. The maximum atomic E-state index is 12.2. The van der Waals surface area contributed by atoms with E-state index in [1.54, 1.807) is 0 Å². The second kappa shape index (κ2) is 11.2. The molecule has 1 saturated heterocycles. The average Bonchev–Trinajstić information content (AvgIpc) is 3.15. The molecule has 3 N–H and O–H groups in total. The number of rotatable bonds is 7. The molecule has 1 fully saturated rings. The number of nitrogens with one attached hydrogen (secondary N) is 1. The lowest BCUT2D eigenvalue weighted by atomic mass is 9.87. The van der Waals surface area contributed by atoms with E-state index in [9.17, 15) is 19.8 Å². The minimum atomic E-state index is -0.694. The summed E-state index contributed by atoms with van der Waals surface area (Å²) in [6, 6.07) is 10.3. The summed E-state index contributed by atoms with van der Waals surface area (Å²) in [6.45, 7) is 3.17. The fourth-order valence-electron chi connectivity index (χ4n) is 4.52. The first kappa shape index (κ1) is 24.4. The predicted molar refractivity (Wildman–Crippen MR) is 134 cm³/mol. The highest BCUT2D eigenvalue weighted by Gasteiger charge is 2.29. The molecule has 0 spiro atoms. The van der Waals surface area contributed by atoms with Gasteiger partial charge in [0.05, 0.1) is 12.2 Å². The van der Waals surface area contributed by atoms with Crippen LogP contribution in [0, 0.1) is 0 Å². The highest BCUT2D eigenvalue weighted by molar-refractivity contribution is 8.13. The molecule has 1 aliphatic carbocycles. The summed E-state index contributed by atoms with van der Waals surface area (Å²) in [6.07, 6.45) is 7.92. The number of aliphatic hydroxyl groups excluding tert-OH is 2. The van der Waals surface area contributed by atoms with Crippen molar-refractivity contribution < 1.29 is 24.4 Å². The Kier molecular flexibility index (Phi) is 8.03. The van der Waals surface area contributed by atoms with Gasteiger partial charge in [-0.1, -0.05) is 30.0 Å². The van der Waals surface area contributed by atoms with Crippen LogP contribution in [0.4, 0.5) is 5.69 Å². The zero-order valence-corrected chi connectivity index (χ0v) is 20.3. The number of aryl methyl sites for hydroxylation is 1. The number of hydrogen-bond donors (Lipinski definition) is 3. The Morgan fingerprint density at radius 2 is 1.88 bits per heavy atom. The van der Waals surface area contributed by atoms with Crippen molar-refractivity contribution in [3.63, 3.8) is 0 Å². The summed E-state index contributed by atoms with van der Waals surface area (Å²) in [5, 5.41) is 22.5. The van der Waals surface area contributed by atoms with Crippen LogP contribution in [0.3, 0.4) is 0 Å². The van der Waals surface area contributed by atoms with Crippen LogP contribution in [0.5, 0.6) is 0 Å². The van der Waals surface area contributed by atoms with Gasteiger partial charge in [0, 0.05) is 49.6 Å². The summed E-state index contributed by atoms with van der Waals surface area (Å²) >= 11 is 1.22. The monoisotopic (exact) mass is 482 g/mol. The van der Waals surface area contributed by atoms with E-state index in [-0.39, 0.29) is 17.6 Å². The molecule has 2 heterocycles. The first-order valence-electron chi connectivity index (χ1n) is 11.7. The number of thioether (sulfide) groups is 1. The summed E-state index contributed by atoms with van der Waals surface area (Å²) in [4.78, 5) is 25.2. The first-order valence-corrected chi connectivity index (χ1v) is 12.7. The minimum Gasteiger partial charge on any atom is -0.389 e. The van der Waals surface area contributed by atoms with E-state index < -0.39 is 12.2 Å². The fraction of sp³-hybridized carbons (Fsp3) is 0.423. The number of carbonyl (C=O) groups excluding carboxylic acids is 2. The van der Waals surface area contributed by atoms with Crippen molar-refractivity contribution in [1.82, 2.24) is 5.32 Å². The Labute approximate surface area is 204 Å². The molecule has 0 bridgehead atoms. The number of anilines is 1. The molecule has 2 atom stereocenters. The number of hydrogen-bond acceptors (Lipinski definition) is 6. The second-order valence-corrected chi connectivity index (χ2v) is 10.2. The largest absolute Gasteiger partial charge is 0.389 e. The number of pyridine rings is 1. The van der Waals surface area contributed by atoms with E-state index in [0.717, 1.165) is 30.5 Å². The van der Waals surface area contributed by atoms with Crippen LogP contribution >= 0.6 is 11.8 Å². The average molecular weight is 483 g/mol. The van der Waals surface area contributed by atoms with E-state index in [0.29, 0.717) is 25.4 Å². The highest BCUT2D eigenvalue weighted by atomic mass is 32.2. The van der Waals surface area contributed by atoms with Gasteiger partial charge in [-0.3, -0.25) is 9.59 Å². The number of amides is 1. The van der Waals surface area contributed by atoms with Gasteiger partial charge in [-0.2, -0.15) is 4.57 Å². The van der Waals surface area contributed by atoms with Crippen LogP contribution in [0.1, 0.15) is 36.5 Å². The zero-order valence-electron chi connectivity index (χ0n) is 19.4. The Morgan fingerprint density at radius 1 is 1.15 bits per heavy atom. The molecular weight excluding hydrogens is 450 g/mol. The van der Waals surface area contributed by atoms with Gasteiger partial charge in [0.1, 0.15) is 0 Å². The predicted octanol–water partition coefficient (Wildman–Crippen LogP) is 1.79. The lowest BCUT2D eigenvalue weighted by molar-refractivity contribution is -0.684. The zero-order chi connectivity index (χ0) is 24.1. The van der Waals surface area contributed by atoms with Gasteiger partial charge >= 0.3 is 0 Å². The Balaban J connectivity index is 1.40. The number of carbonyl (C=O) groups is 2. The third-order valence-corrected chi connectivity index (χ3v) is 7.07. The van der Waals surface area contributed by atoms with Gasteiger partial charge in [-0.05, 0) is 48.1 Å². The molecule has 1 aromatic carbocycles. The molecule has 2 unspecified atom stereocenters. The summed E-state index contributed by atoms with van der Waals surface area (Å²) in [5.74, 6) is 0.534. The summed E-state index contributed by atoms with van der Waals surface area (Å²) in [7, 11) is 0. The molecule has 4 rings (SSSR count). The van der Waals surface area contributed by atoms with Crippen molar-refractivity contribution in [2.75, 3.05) is 30.3 Å². The SMILES string of the molecule is CC(=O)SCCNC(=O)C[n+]1ccc2c(c1)CCC/C2=C\c1ccc(N2CC(O)C(O)C2)cc1. The normalized spacial score (nSPS) is 20.9. The summed E-state index contributed by atoms with van der Waals surface area (Å²) < 4.78 is 1.92. The molecule has 8 heteroatoms. The van der Waals surface area contributed by atoms with Crippen molar-refractivity contribution in [2.24, 2.45) is 0 Å². The second-order valence-electron chi connectivity index (χ2n) is 8.90. The molecule has 0 saturated carbocycles. The van der Waals surface area contributed by atoms with Crippen LogP contribution in [-0.4, -0.2) is 58.8 Å². The van der Waals surface area contributed by atoms with Crippen LogP contribution < -0.4 is 14.8 Å². The smallest absolute Gasteiger partial charge is 0.286 e. The molecule has 1 amide bonds. The highest BCUT2D eigenvalue weighted by Crippen LogP contribution is 2.32. The standard InChI is InChI=1S/C26H31N3O4S/c1-18(30)34-12-10-27-26(33)17-28-11-9-23-20(3-2-4-21(23)14-28)13-19-5-7-22(8-6-19)29-15-24(31)25(32)16-29/h5-9,11,13-14,24-25,31-32H,2-4,10,12,15-17H2,1H3/p+1. The molecule has 1 aliphatic heterocycles. The van der Waals surface area contributed by atoms with Crippen LogP contribution in [0.25, 0.3) is 11.6 Å². The number of benzene rings is 1. The number of nitrogens with zero attached hydrogens (tertiary/aromatic N) is 2. The number of fused-ring (bicyclic) bond motifs is 1. The molecule has 1 aromatic heterocycles. The van der Waals surface area contributed by atoms with Gasteiger partial charge in [0.25, 0.3) is 5.91 Å². The molecular formula is C26H32N3O4S+. The van der Waals surface area contributed by atoms with Gasteiger partial charge in [-0.25, -0.2) is 0 Å². The first-order chi connectivity index (χ1) is 16.4. The Bertz CT molecular complexity index is 1060. The molecule has 180 valence electrons. The third-order valence-electron chi connectivity index (χ3n) is 6.25. The van der Waals surface area contributed by atoms with Crippen LogP contribution in [-0.2, 0) is 22.6 Å². The van der Waals surface area contributed by atoms with Crippen LogP contribution in [0.2, 0.25) is 0 Å². The van der Waals surface area contributed by atoms with Gasteiger partial charge < -0.3 is 20.4 Å². The fourth-order valence-corrected chi connectivity index (χ4v) is 5.02. The van der Waals surface area contributed by atoms with Gasteiger partial charge in [0.2, 0.25) is 6.54 Å². The number of aromatic nitrogens is 1. The van der Waals surface area contributed by atoms with Crippen molar-refractivity contribution in [1.29, 1.82) is 0 Å². The van der Waals surface area contributed by atoms with E-state index in [1.807, 2.05) is 27.8 Å². The Hall–Kier alpha value is -2.68. The molecule has 7 nitrogen and oxygen atoms in total. The maximum absolute atomic E-state index is 12.2. The lowest BCUT2D eigenvalue weighted by Crippen LogP contribution is -2.43. The van der Waals surface area contributed by atoms with Crippen molar-refractivity contribution in [2.45, 2.75) is 44.9 Å². The molecule has 2 aromatic rings. The number of allylic oxidation sites excluding steroid dienone is 1. The van der Waals surface area contributed by atoms with E-state index in [4.69, 9.17) is 0 Å². The maximum Gasteiger partial charge on any atom is 0.286 e. The van der Waals surface area contributed by atoms with Crippen molar-refractivity contribution in [3.8, 4) is 0 Å². The third kappa shape index (κ3) is 6.25. The lowest BCUT2D eigenvalue weighted by Gasteiger charge is -2.19. The minimum absolute atomic E-state index is 0.0567. The van der Waals surface area contributed by atoms with Gasteiger partial charge in [-0.15, -0.1) is 0 Å². The van der Waals surface area contributed by atoms with Gasteiger partial charge in [0.15, 0.2) is 17.5 Å². The van der Waals surface area contributed by atoms with E-state index in [1.165, 1.54) is 35.4 Å². The number of aliphatic hydroxyl groups is 2. The number of β-amino-alcohol motifs (C(OH)–C–C–N with tert-alkyl or cyclic N) is 2. The molecule has 0 radical (unpaired) electrons. The molecule has 34 heavy (non-hydrogen) atoms. The summed E-state index contributed by atoms with van der Waals surface area (Å²) in [5.41, 5.74) is 5.89. The molecule has 2 aliphatic rings. The topological polar surface area (TPSA) is 93.8 Å².